The fourth-order valence-electron chi connectivity index (χ4n) is 5.60. The largest absolute Gasteiger partial charge is 0.363 e. The van der Waals surface area contributed by atoms with Gasteiger partial charge in [0.25, 0.3) is 0 Å². The quantitative estimate of drug-likeness (QED) is 0.783. The Bertz CT molecular complexity index is 718. The predicted molar refractivity (Wildman–Crippen MR) is 91.7 cm³/mol. The molecule has 4 aliphatic rings. The number of aryl methyl sites for hydroxylation is 1. The first-order chi connectivity index (χ1) is 10.6. The fraction of sp³-hybridized carbons (Fsp3) is 0.647. The summed E-state index contributed by atoms with van der Waals surface area (Å²) in [6.07, 6.45) is 8.31. The predicted octanol–water partition coefficient (Wildman–Crippen LogP) is 5.03. The van der Waals surface area contributed by atoms with E-state index in [0.717, 1.165) is 33.8 Å². The summed E-state index contributed by atoms with van der Waals surface area (Å²) in [5.74, 6) is 3.75. The molecule has 1 N–H and O–H groups in total. The fourth-order valence-corrected chi connectivity index (χ4v) is 6.71. The van der Waals surface area contributed by atoms with Crippen molar-refractivity contribution in [3.8, 4) is 0 Å². The maximum absolute atomic E-state index is 6.18. The second-order valence-corrected chi connectivity index (χ2v) is 8.98. The van der Waals surface area contributed by atoms with E-state index in [4.69, 9.17) is 11.6 Å². The summed E-state index contributed by atoms with van der Waals surface area (Å²) in [7, 11) is 0. The molecule has 5 heteroatoms. The molecule has 4 aliphatic carbocycles. The Hall–Kier alpha value is -0.870. The van der Waals surface area contributed by atoms with Crippen LogP contribution < -0.4 is 5.32 Å². The van der Waals surface area contributed by atoms with Gasteiger partial charge in [-0.05, 0) is 85.7 Å². The average Bonchev–Trinajstić information content (AvgIpc) is 2.78. The van der Waals surface area contributed by atoms with Crippen LogP contribution in [0.4, 0.5) is 5.82 Å². The van der Waals surface area contributed by atoms with E-state index in [1.807, 2.05) is 0 Å². The van der Waals surface area contributed by atoms with Crippen molar-refractivity contribution >= 4 is 39.0 Å². The lowest BCUT2D eigenvalue weighted by Crippen LogP contribution is -2.54. The van der Waals surface area contributed by atoms with Crippen LogP contribution in [0.5, 0.6) is 0 Å². The molecule has 3 nitrogen and oxygen atoms in total. The highest BCUT2D eigenvalue weighted by Crippen LogP contribution is 2.56. The number of rotatable bonds is 2. The van der Waals surface area contributed by atoms with E-state index in [9.17, 15) is 0 Å². The number of hydrogen-bond acceptors (Lipinski definition) is 4. The number of anilines is 1. The third-order valence-corrected chi connectivity index (χ3v) is 7.25. The maximum atomic E-state index is 6.18. The highest BCUT2D eigenvalue weighted by molar-refractivity contribution is 7.18. The smallest absolute Gasteiger partial charge is 0.224 e. The Morgan fingerprint density at radius 2 is 1.77 bits per heavy atom. The van der Waals surface area contributed by atoms with Gasteiger partial charge in [-0.1, -0.05) is 0 Å². The number of thiophene rings is 1. The molecule has 0 atom stereocenters. The van der Waals surface area contributed by atoms with Gasteiger partial charge in [0.15, 0.2) is 0 Å². The lowest BCUT2D eigenvalue weighted by molar-refractivity contribution is 0.0106. The summed E-state index contributed by atoms with van der Waals surface area (Å²) < 4.78 is 1.16. The van der Waals surface area contributed by atoms with E-state index in [1.54, 1.807) is 11.3 Å². The topological polar surface area (TPSA) is 37.8 Å². The van der Waals surface area contributed by atoms with Gasteiger partial charge < -0.3 is 5.32 Å². The molecule has 0 aromatic carbocycles. The SMILES string of the molecule is Cc1csc2c(NC34CC5CC(CC(C5)C3)C4)nc(Cl)nc12. The van der Waals surface area contributed by atoms with Crippen molar-refractivity contribution in [2.45, 2.75) is 51.0 Å². The zero-order valence-electron chi connectivity index (χ0n) is 12.7. The highest BCUT2D eigenvalue weighted by Gasteiger charge is 2.51. The van der Waals surface area contributed by atoms with E-state index in [2.05, 4.69) is 27.6 Å². The van der Waals surface area contributed by atoms with Crippen LogP contribution in [0.15, 0.2) is 5.38 Å². The molecule has 0 radical (unpaired) electrons. The molecule has 4 saturated carbocycles. The summed E-state index contributed by atoms with van der Waals surface area (Å²) in [5.41, 5.74) is 2.46. The van der Waals surface area contributed by atoms with Gasteiger partial charge in [-0.2, -0.15) is 4.98 Å². The number of hydrogen-bond donors (Lipinski definition) is 1. The molecule has 116 valence electrons. The first-order valence-corrected chi connectivity index (χ1v) is 9.55. The molecule has 4 bridgehead atoms. The van der Waals surface area contributed by atoms with Crippen LogP contribution >= 0.6 is 22.9 Å². The van der Waals surface area contributed by atoms with Crippen LogP contribution in [-0.2, 0) is 0 Å². The second kappa shape index (κ2) is 4.57. The zero-order valence-corrected chi connectivity index (χ0v) is 14.3. The van der Waals surface area contributed by atoms with Gasteiger partial charge in [-0.25, -0.2) is 4.98 Å². The Kier molecular flexibility index (Phi) is 2.82. The number of nitrogens with zero attached hydrogens (tertiary/aromatic N) is 2. The minimum atomic E-state index is 0.261. The maximum Gasteiger partial charge on any atom is 0.224 e. The molecule has 0 saturated heterocycles. The number of halogens is 1. The molecule has 0 aliphatic heterocycles. The van der Waals surface area contributed by atoms with Crippen molar-refractivity contribution in [2.75, 3.05) is 5.32 Å². The first-order valence-electron chi connectivity index (χ1n) is 8.30. The summed E-state index contributed by atoms with van der Waals surface area (Å²) in [5, 5.41) is 6.37. The van der Waals surface area contributed by atoms with E-state index in [-0.39, 0.29) is 5.54 Å². The normalized spacial score (nSPS) is 36.2. The minimum absolute atomic E-state index is 0.261. The zero-order chi connectivity index (χ0) is 14.9. The molecule has 6 rings (SSSR count). The van der Waals surface area contributed by atoms with Crippen LogP contribution in [0.1, 0.15) is 44.1 Å². The Morgan fingerprint density at radius 1 is 1.14 bits per heavy atom. The second-order valence-electron chi connectivity index (χ2n) is 7.76. The number of fused-ring (bicyclic) bond motifs is 1. The molecule has 2 aromatic rings. The lowest BCUT2D eigenvalue weighted by Gasteiger charge is -2.57. The molecule has 2 heterocycles. The van der Waals surface area contributed by atoms with Crippen LogP contribution in [0, 0.1) is 24.7 Å². The number of nitrogens with one attached hydrogen (secondary N) is 1. The average molecular weight is 334 g/mol. The van der Waals surface area contributed by atoms with Gasteiger partial charge in [0.05, 0.1) is 10.2 Å². The van der Waals surface area contributed by atoms with Gasteiger partial charge in [0.2, 0.25) is 5.28 Å². The van der Waals surface area contributed by atoms with Gasteiger partial charge in [0.1, 0.15) is 5.82 Å². The van der Waals surface area contributed by atoms with E-state index < -0.39 is 0 Å². The lowest BCUT2D eigenvalue weighted by atomic mass is 9.53. The molecule has 2 aromatic heterocycles. The first kappa shape index (κ1) is 13.6. The third-order valence-electron chi connectivity index (χ3n) is 5.99. The highest BCUT2D eigenvalue weighted by atomic mass is 35.5. The molecular formula is C17H20ClN3S. The molecular weight excluding hydrogens is 314 g/mol. The van der Waals surface area contributed by atoms with E-state index >= 15 is 0 Å². The van der Waals surface area contributed by atoms with Gasteiger partial charge in [-0.15, -0.1) is 11.3 Å². The monoisotopic (exact) mass is 333 g/mol. The molecule has 0 spiro atoms. The van der Waals surface area contributed by atoms with Crippen molar-refractivity contribution in [1.82, 2.24) is 9.97 Å². The van der Waals surface area contributed by atoms with Crippen molar-refractivity contribution in [1.29, 1.82) is 0 Å². The van der Waals surface area contributed by atoms with Crippen molar-refractivity contribution in [3.63, 3.8) is 0 Å². The van der Waals surface area contributed by atoms with Crippen molar-refractivity contribution < 1.29 is 0 Å². The van der Waals surface area contributed by atoms with Crippen LogP contribution in [0.2, 0.25) is 5.28 Å². The van der Waals surface area contributed by atoms with Crippen molar-refractivity contribution in [3.05, 3.63) is 16.2 Å². The molecule has 22 heavy (non-hydrogen) atoms. The third kappa shape index (κ3) is 2.00. The van der Waals surface area contributed by atoms with Gasteiger partial charge >= 0.3 is 0 Å². The van der Waals surface area contributed by atoms with Crippen LogP contribution in [-0.4, -0.2) is 15.5 Å². The Labute approximate surface area is 139 Å². The van der Waals surface area contributed by atoms with Crippen LogP contribution in [0.25, 0.3) is 10.2 Å². The van der Waals surface area contributed by atoms with E-state index in [1.165, 1.54) is 44.1 Å². The van der Waals surface area contributed by atoms with Gasteiger partial charge in [-0.3, -0.25) is 0 Å². The molecule has 4 fully saturated rings. The van der Waals surface area contributed by atoms with Gasteiger partial charge in [0, 0.05) is 5.54 Å². The Morgan fingerprint density at radius 3 is 2.41 bits per heavy atom. The Balaban J connectivity index is 1.56. The summed E-state index contributed by atoms with van der Waals surface area (Å²) in [4.78, 5) is 8.96. The minimum Gasteiger partial charge on any atom is -0.363 e. The standard InChI is InChI=1S/C17H20ClN3S/c1-9-8-22-14-13(9)19-16(18)20-15(14)21-17-5-10-2-11(6-17)4-12(3-10)7-17/h8,10-12H,2-7H2,1H3,(H,19,20,21). The summed E-state index contributed by atoms with van der Waals surface area (Å²) >= 11 is 7.91. The van der Waals surface area contributed by atoms with E-state index in [0.29, 0.717) is 5.28 Å². The molecule has 0 unspecified atom stereocenters. The molecule has 0 amide bonds. The number of aromatic nitrogens is 2. The summed E-state index contributed by atoms with van der Waals surface area (Å²) in [6.45, 7) is 2.09. The van der Waals surface area contributed by atoms with Crippen molar-refractivity contribution in [2.24, 2.45) is 17.8 Å². The van der Waals surface area contributed by atoms with Crippen LogP contribution in [0.3, 0.4) is 0 Å². The summed E-state index contributed by atoms with van der Waals surface area (Å²) in [6, 6.07) is 0.